The number of hydrogen-bond acceptors (Lipinski definition) is 4. The normalized spacial score (nSPS) is 16.9. The van der Waals surface area contributed by atoms with Gasteiger partial charge in [0.25, 0.3) is 0 Å². The number of rotatable bonds is 4. The summed E-state index contributed by atoms with van der Waals surface area (Å²) in [5, 5.41) is 10.9. The lowest BCUT2D eigenvalue weighted by atomic mass is 9.94. The summed E-state index contributed by atoms with van der Waals surface area (Å²) < 4.78 is 57.3. The number of aromatic amines is 1. The Morgan fingerprint density at radius 3 is 2.75 bits per heavy atom. The Hall–Kier alpha value is -2.59. The van der Waals surface area contributed by atoms with Crippen LogP contribution in [0.15, 0.2) is 29.3 Å². The molecule has 28 heavy (non-hydrogen) atoms. The Bertz CT molecular complexity index is 1130. The maximum absolute atomic E-state index is 14.2. The summed E-state index contributed by atoms with van der Waals surface area (Å²) in [6.07, 6.45) is 3.46. The van der Waals surface area contributed by atoms with E-state index in [0.717, 1.165) is 6.07 Å². The topological polar surface area (TPSA) is 92.7 Å². The molecule has 1 atom stereocenters. The van der Waals surface area contributed by atoms with Gasteiger partial charge in [0, 0.05) is 17.3 Å². The highest BCUT2D eigenvalue weighted by Gasteiger charge is 2.31. The molecule has 2 N–H and O–H groups in total. The molecule has 0 fully saturated rings. The molecule has 0 aliphatic heterocycles. The van der Waals surface area contributed by atoms with Crippen molar-refractivity contribution in [3.63, 3.8) is 0 Å². The molecule has 0 bridgehead atoms. The van der Waals surface area contributed by atoms with Gasteiger partial charge in [-0.05, 0) is 45.2 Å². The maximum atomic E-state index is 14.2. The summed E-state index contributed by atoms with van der Waals surface area (Å²) in [6.45, 7) is 3.27. The number of nitrogens with one attached hydrogen (secondary N) is 2. The van der Waals surface area contributed by atoms with Crippen LogP contribution < -0.4 is 4.72 Å². The lowest BCUT2D eigenvalue weighted by Gasteiger charge is -2.24. The van der Waals surface area contributed by atoms with Crippen LogP contribution in [0.5, 0.6) is 0 Å². The van der Waals surface area contributed by atoms with Gasteiger partial charge in [-0.25, -0.2) is 26.6 Å². The zero-order valence-corrected chi connectivity index (χ0v) is 16.1. The number of aryl methyl sites for hydroxylation is 2. The van der Waals surface area contributed by atoms with E-state index < -0.39 is 27.7 Å². The average Bonchev–Trinajstić information content (AvgIpc) is 3.19. The van der Waals surface area contributed by atoms with Crippen molar-refractivity contribution in [2.45, 2.75) is 44.0 Å². The van der Waals surface area contributed by atoms with Gasteiger partial charge in [-0.1, -0.05) is 0 Å². The minimum Gasteiger partial charge on any atom is -0.281 e. The molecule has 3 aromatic rings. The first kappa shape index (κ1) is 18.8. The van der Waals surface area contributed by atoms with Gasteiger partial charge in [0.2, 0.25) is 10.0 Å². The van der Waals surface area contributed by atoms with Crippen molar-refractivity contribution in [1.29, 1.82) is 0 Å². The Kier molecular flexibility index (Phi) is 4.54. The molecule has 2 aromatic heterocycles. The lowest BCUT2D eigenvalue weighted by Crippen LogP contribution is -2.31. The van der Waals surface area contributed by atoms with E-state index in [1.807, 2.05) is 0 Å². The van der Waals surface area contributed by atoms with E-state index in [1.54, 1.807) is 20.0 Å². The molecule has 2 heterocycles. The molecule has 0 radical (unpaired) electrons. The minimum absolute atomic E-state index is 0.132. The van der Waals surface area contributed by atoms with Gasteiger partial charge in [0.1, 0.15) is 16.4 Å². The fraction of sp³-hybridized carbons (Fsp3) is 0.333. The largest absolute Gasteiger partial charge is 0.281 e. The smallest absolute Gasteiger partial charge is 0.244 e. The third-order valence-corrected chi connectivity index (χ3v) is 6.68. The fourth-order valence-electron chi connectivity index (χ4n) is 3.72. The maximum Gasteiger partial charge on any atom is 0.244 e. The van der Waals surface area contributed by atoms with Crippen LogP contribution in [0.25, 0.3) is 5.69 Å². The SMILES string of the molecule is Cc1n[nH]c(C)c1S(=O)(=O)N[C@@H]1CCCc2c1cnn2-c1ccc(F)cc1F. The fourth-order valence-corrected chi connectivity index (χ4v) is 5.34. The van der Waals surface area contributed by atoms with Crippen LogP contribution in [0.2, 0.25) is 0 Å². The van der Waals surface area contributed by atoms with E-state index in [1.165, 1.54) is 16.8 Å². The van der Waals surface area contributed by atoms with Crippen molar-refractivity contribution in [2.75, 3.05) is 0 Å². The predicted molar refractivity (Wildman–Crippen MR) is 97.5 cm³/mol. The first-order valence-corrected chi connectivity index (χ1v) is 10.3. The number of nitrogens with zero attached hydrogens (tertiary/aromatic N) is 3. The summed E-state index contributed by atoms with van der Waals surface area (Å²) in [5.74, 6) is -1.39. The van der Waals surface area contributed by atoms with Gasteiger partial charge >= 0.3 is 0 Å². The molecule has 1 aromatic carbocycles. The second kappa shape index (κ2) is 6.78. The van der Waals surface area contributed by atoms with E-state index in [2.05, 4.69) is 20.0 Å². The number of hydrogen-bond donors (Lipinski definition) is 2. The quantitative estimate of drug-likeness (QED) is 0.696. The number of sulfonamides is 1. The van der Waals surface area contributed by atoms with Crippen LogP contribution in [0.1, 0.15) is 41.5 Å². The Balaban J connectivity index is 1.70. The summed E-state index contributed by atoms with van der Waals surface area (Å²) in [6, 6.07) is 2.81. The molecule has 0 saturated carbocycles. The van der Waals surface area contributed by atoms with Crippen LogP contribution >= 0.6 is 0 Å². The van der Waals surface area contributed by atoms with Crippen molar-refractivity contribution in [1.82, 2.24) is 24.7 Å². The molecule has 1 aliphatic carbocycles. The number of H-pyrrole nitrogens is 1. The summed E-state index contributed by atoms with van der Waals surface area (Å²) >= 11 is 0. The van der Waals surface area contributed by atoms with Gasteiger partial charge in [0.05, 0.1) is 23.6 Å². The summed E-state index contributed by atoms with van der Waals surface area (Å²) in [5.41, 5.74) is 2.39. The second-order valence-electron chi connectivity index (χ2n) is 6.88. The van der Waals surface area contributed by atoms with Crippen molar-refractivity contribution in [3.05, 3.63) is 58.7 Å². The van der Waals surface area contributed by atoms with Crippen LogP contribution in [-0.2, 0) is 16.4 Å². The van der Waals surface area contributed by atoms with Crippen molar-refractivity contribution in [2.24, 2.45) is 0 Å². The molecule has 0 saturated heterocycles. The highest BCUT2D eigenvalue weighted by molar-refractivity contribution is 7.89. The first-order chi connectivity index (χ1) is 13.3. The van der Waals surface area contributed by atoms with Gasteiger partial charge in [0.15, 0.2) is 5.82 Å². The molecule has 7 nitrogen and oxygen atoms in total. The zero-order valence-electron chi connectivity index (χ0n) is 15.3. The van der Waals surface area contributed by atoms with Gasteiger partial charge in [-0.15, -0.1) is 0 Å². The van der Waals surface area contributed by atoms with Crippen LogP contribution in [0.4, 0.5) is 8.78 Å². The molecule has 1 aliphatic rings. The van der Waals surface area contributed by atoms with Gasteiger partial charge in [-0.3, -0.25) is 5.10 Å². The predicted octanol–water partition coefficient (Wildman–Crippen LogP) is 2.85. The van der Waals surface area contributed by atoms with Crippen molar-refractivity contribution in [3.8, 4) is 5.69 Å². The van der Waals surface area contributed by atoms with E-state index in [-0.39, 0.29) is 10.6 Å². The zero-order chi connectivity index (χ0) is 20.1. The number of aromatic nitrogens is 4. The number of benzene rings is 1. The summed E-state index contributed by atoms with van der Waals surface area (Å²) in [7, 11) is -3.79. The van der Waals surface area contributed by atoms with E-state index in [0.29, 0.717) is 41.9 Å². The third kappa shape index (κ3) is 3.12. The van der Waals surface area contributed by atoms with E-state index in [4.69, 9.17) is 0 Å². The molecule has 10 heteroatoms. The molecular formula is C18H19F2N5O2S. The third-order valence-electron chi connectivity index (χ3n) is 4.95. The highest BCUT2D eigenvalue weighted by Crippen LogP contribution is 2.33. The monoisotopic (exact) mass is 407 g/mol. The van der Waals surface area contributed by atoms with E-state index >= 15 is 0 Å². The lowest BCUT2D eigenvalue weighted by molar-refractivity contribution is 0.499. The van der Waals surface area contributed by atoms with Crippen molar-refractivity contribution >= 4 is 10.0 Å². The minimum atomic E-state index is -3.79. The Labute approximate surface area is 160 Å². The van der Waals surface area contributed by atoms with Crippen molar-refractivity contribution < 1.29 is 17.2 Å². The van der Waals surface area contributed by atoms with E-state index in [9.17, 15) is 17.2 Å². The molecule has 0 amide bonds. The average molecular weight is 407 g/mol. The second-order valence-corrected chi connectivity index (χ2v) is 8.53. The highest BCUT2D eigenvalue weighted by atomic mass is 32.2. The standard InChI is InChI=1S/C18H19F2N5O2S/c1-10-18(11(2)23-22-10)28(26,27)24-15-4-3-5-16-13(15)9-21-25(16)17-7-6-12(19)8-14(17)20/h6-9,15,24H,3-5H2,1-2H3,(H,22,23)/t15-/m1/s1. The Morgan fingerprint density at radius 2 is 2.07 bits per heavy atom. The molecular weight excluding hydrogens is 388 g/mol. The van der Waals surface area contributed by atoms with Crippen LogP contribution in [0, 0.1) is 25.5 Å². The molecule has 148 valence electrons. The summed E-state index contributed by atoms with van der Waals surface area (Å²) in [4.78, 5) is 0.136. The molecule has 4 rings (SSSR count). The number of fused-ring (bicyclic) bond motifs is 1. The number of halogens is 2. The first-order valence-electron chi connectivity index (χ1n) is 8.84. The Morgan fingerprint density at radius 1 is 1.29 bits per heavy atom. The molecule has 0 spiro atoms. The van der Waals surface area contributed by atoms with Crippen LogP contribution in [-0.4, -0.2) is 28.4 Å². The van der Waals surface area contributed by atoms with Gasteiger partial charge in [-0.2, -0.15) is 10.2 Å². The van der Waals surface area contributed by atoms with Gasteiger partial charge < -0.3 is 0 Å². The molecule has 0 unspecified atom stereocenters. The van der Waals surface area contributed by atoms with Crippen LogP contribution in [0.3, 0.4) is 0 Å².